The number of aliphatic hydroxyl groups is 1. The molecule has 1 aliphatic carbocycles. The molecule has 0 spiro atoms. The maximum Gasteiger partial charge on any atom is 0.105 e. The Kier molecular flexibility index (Phi) is 3.69. The van der Waals surface area contributed by atoms with Gasteiger partial charge in [0.25, 0.3) is 0 Å². The van der Waals surface area contributed by atoms with Crippen LogP contribution in [0.1, 0.15) is 36.9 Å². The molecule has 1 fully saturated rings. The van der Waals surface area contributed by atoms with Crippen molar-refractivity contribution in [3.63, 3.8) is 0 Å². The summed E-state index contributed by atoms with van der Waals surface area (Å²) < 4.78 is 6.61. The Morgan fingerprint density at radius 2 is 2.37 bits per heavy atom. The van der Waals surface area contributed by atoms with Crippen LogP contribution in [-0.2, 0) is 11.2 Å². The third-order valence-corrected chi connectivity index (χ3v) is 4.99. The maximum atomic E-state index is 10.5. The van der Waals surface area contributed by atoms with Gasteiger partial charge in [-0.25, -0.2) is 0 Å². The Morgan fingerprint density at radius 3 is 3.11 bits per heavy atom. The minimum absolute atomic E-state index is 0.0780. The summed E-state index contributed by atoms with van der Waals surface area (Å²) >= 11 is 3.52. The number of aryl methyl sites for hydroxylation is 1. The first-order chi connectivity index (χ1) is 9.08. The van der Waals surface area contributed by atoms with E-state index < -0.39 is 5.60 Å². The van der Waals surface area contributed by atoms with Crippen molar-refractivity contribution >= 4 is 15.9 Å². The van der Waals surface area contributed by atoms with Gasteiger partial charge in [0, 0.05) is 30.1 Å². The molecule has 4 heteroatoms. The van der Waals surface area contributed by atoms with Gasteiger partial charge < -0.3 is 15.2 Å². The van der Waals surface area contributed by atoms with E-state index in [-0.39, 0.29) is 6.10 Å². The summed E-state index contributed by atoms with van der Waals surface area (Å²) in [4.78, 5) is 0. The van der Waals surface area contributed by atoms with E-state index in [1.54, 1.807) is 0 Å². The average Bonchev–Trinajstić information content (AvgIpc) is 2.92. The Bertz CT molecular complexity index is 479. The molecule has 0 bridgehead atoms. The molecule has 2 N–H and O–H groups in total. The third kappa shape index (κ3) is 2.59. The zero-order valence-corrected chi connectivity index (χ0v) is 12.7. The number of halogens is 1. The van der Waals surface area contributed by atoms with Crippen LogP contribution in [0.5, 0.6) is 0 Å². The van der Waals surface area contributed by atoms with Crippen molar-refractivity contribution in [3.05, 3.63) is 33.8 Å². The molecule has 19 heavy (non-hydrogen) atoms. The number of hydrogen-bond donors (Lipinski definition) is 2. The smallest absolute Gasteiger partial charge is 0.105 e. The Labute approximate surface area is 122 Å². The first-order valence-electron chi connectivity index (χ1n) is 6.94. The van der Waals surface area contributed by atoms with Crippen LogP contribution < -0.4 is 5.32 Å². The molecule has 0 saturated carbocycles. The Balaban J connectivity index is 1.67. The lowest BCUT2D eigenvalue weighted by Gasteiger charge is -2.28. The van der Waals surface area contributed by atoms with Crippen LogP contribution in [0.15, 0.2) is 22.7 Å². The fraction of sp³-hybridized carbons (Fsp3) is 0.600. The molecule has 1 heterocycles. The summed E-state index contributed by atoms with van der Waals surface area (Å²) in [6.07, 6.45) is 2.86. The second kappa shape index (κ2) is 5.17. The second-order valence-corrected chi connectivity index (χ2v) is 6.60. The molecule has 0 radical (unpaired) electrons. The molecule has 2 aliphatic rings. The van der Waals surface area contributed by atoms with Crippen LogP contribution in [0.4, 0.5) is 0 Å². The van der Waals surface area contributed by atoms with Crippen molar-refractivity contribution in [2.24, 2.45) is 0 Å². The lowest BCUT2D eigenvalue weighted by Crippen LogP contribution is -2.46. The lowest BCUT2D eigenvalue weighted by molar-refractivity contribution is -0.0276. The van der Waals surface area contributed by atoms with Crippen molar-refractivity contribution in [2.45, 2.75) is 43.9 Å². The van der Waals surface area contributed by atoms with Crippen molar-refractivity contribution in [1.29, 1.82) is 0 Å². The summed E-state index contributed by atoms with van der Waals surface area (Å²) in [5, 5.41) is 14.0. The molecule has 3 nitrogen and oxygen atoms in total. The van der Waals surface area contributed by atoms with E-state index in [4.69, 9.17) is 4.74 Å². The summed E-state index contributed by atoms with van der Waals surface area (Å²) in [7, 11) is 0. The first-order valence-corrected chi connectivity index (χ1v) is 7.73. The van der Waals surface area contributed by atoms with Crippen LogP contribution in [0.2, 0.25) is 0 Å². The number of rotatable bonds is 3. The average molecular weight is 326 g/mol. The van der Waals surface area contributed by atoms with Crippen molar-refractivity contribution in [1.82, 2.24) is 5.32 Å². The normalized spacial score (nSPS) is 33.6. The summed E-state index contributed by atoms with van der Waals surface area (Å²) in [5.41, 5.74) is 2.07. The van der Waals surface area contributed by atoms with E-state index in [0.717, 1.165) is 23.7 Å². The van der Waals surface area contributed by atoms with Crippen LogP contribution in [0.25, 0.3) is 0 Å². The number of ether oxygens (including phenoxy) is 1. The Morgan fingerprint density at radius 1 is 1.53 bits per heavy atom. The van der Waals surface area contributed by atoms with Crippen LogP contribution >= 0.6 is 15.9 Å². The fourth-order valence-corrected chi connectivity index (χ4v) is 3.51. The second-order valence-electron chi connectivity index (χ2n) is 5.68. The van der Waals surface area contributed by atoms with Gasteiger partial charge in [0.2, 0.25) is 0 Å². The SMILES string of the molecule is CC1OCCC1(O)CNC1CCc2cc(Br)ccc21. The largest absolute Gasteiger partial charge is 0.386 e. The van der Waals surface area contributed by atoms with Gasteiger partial charge in [-0.1, -0.05) is 22.0 Å². The minimum atomic E-state index is -0.710. The van der Waals surface area contributed by atoms with Crippen molar-refractivity contribution < 1.29 is 9.84 Å². The number of hydrogen-bond acceptors (Lipinski definition) is 3. The molecular weight excluding hydrogens is 306 g/mol. The molecular formula is C15H20BrNO2. The molecule has 3 rings (SSSR count). The molecule has 3 atom stereocenters. The summed E-state index contributed by atoms with van der Waals surface area (Å²) in [6, 6.07) is 6.84. The van der Waals surface area contributed by atoms with Crippen molar-refractivity contribution in [3.8, 4) is 0 Å². The zero-order valence-electron chi connectivity index (χ0n) is 11.2. The molecule has 1 aromatic carbocycles. The highest BCUT2D eigenvalue weighted by Crippen LogP contribution is 2.34. The van der Waals surface area contributed by atoms with Crippen LogP contribution in [-0.4, -0.2) is 30.0 Å². The van der Waals surface area contributed by atoms with E-state index in [0.29, 0.717) is 19.2 Å². The van der Waals surface area contributed by atoms with E-state index in [1.807, 2.05) is 6.92 Å². The molecule has 1 aromatic rings. The Hall–Kier alpha value is -0.420. The molecule has 1 saturated heterocycles. The molecule has 1 aliphatic heterocycles. The van der Waals surface area contributed by atoms with Crippen LogP contribution in [0.3, 0.4) is 0 Å². The highest BCUT2D eigenvalue weighted by atomic mass is 79.9. The first kappa shape index (κ1) is 13.6. The number of benzene rings is 1. The van der Waals surface area contributed by atoms with E-state index in [1.165, 1.54) is 11.1 Å². The van der Waals surface area contributed by atoms with Gasteiger partial charge in [0.1, 0.15) is 5.60 Å². The molecule has 104 valence electrons. The summed E-state index contributed by atoms with van der Waals surface area (Å²) in [5.74, 6) is 0. The predicted octanol–water partition coefficient (Wildman–Crippen LogP) is 2.57. The van der Waals surface area contributed by atoms with Gasteiger partial charge >= 0.3 is 0 Å². The molecule has 0 amide bonds. The highest BCUT2D eigenvalue weighted by molar-refractivity contribution is 9.10. The number of nitrogens with one attached hydrogen (secondary N) is 1. The van der Waals surface area contributed by atoms with Gasteiger partial charge in [0.05, 0.1) is 6.10 Å². The van der Waals surface area contributed by atoms with Crippen LogP contribution in [0, 0.1) is 0 Å². The highest BCUT2D eigenvalue weighted by Gasteiger charge is 2.40. The number of fused-ring (bicyclic) bond motifs is 1. The standard InChI is InChI=1S/C15H20BrNO2/c1-10-15(18,6-7-19-10)9-17-14-5-2-11-8-12(16)3-4-13(11)14/h3-4,8,10,14,17-18H,2,5-7,9H2,1H3. The minimum Gasteiger partial charge on any atom is -0.386 e. The third-order valence-electron chi connectivity index (χ3n) is 4.50. The van der Waals surface area contributed by atoms with Crippen molar-refractivity contribution in [2.75, 3.05) is 13.2 Å². The molecule has 3 unspecified atom stereocenters. The van der Waals surface area contributed by atoms with E-state index in [9.17, 15) is 5.11 Å². The van der Waals surface area contributed by atoms with E-state index in [2.05, 4.69) is 39.4 Å². The van der Waals surface area contributed by atoms with Gasteiger partial charge in [-0.2, -0.15) is 0 Å². The topological polar surface area (TPSA) is 41.5 Å². The summed E-state index contributed by atoms with van der Waals surface area (Å²) in [6.45, 7) is 3.22. The van der Waals surface area contributed by atoms with E-state index >= 15 is 0 Å². The quantitative estimate of drug-likeness (QED) is 0.897. The monoisotopic (exact) mass is 325 g/mol. The fourth-order valence-electron chi connectivity index (χ4n) is 3.10. The van der Waals surface area contributed by atoms with Gasteiger partial charge in [-0.3, -0.25) is 0 Å². The van der Waals surface area contributed by atoms with Gasteiger partial charge in [-0.15, -0.1) is 0 Å². The van der Waals surface area contributed by atoms with Gasteiger partial charge in [-0.05, 0) is 43.0 Å². The lowest BCUT2D eigenvalue weighted by atomic mass is 9.96. The maximum absolute atomic E-state index is 10.5. The zero-order chi connectivity index (χ0) is 13.5. The predicted molar refractivity (Wildman–Crippen MR) is 78.2 cm³/mol. The molecule has 0 aromatic heterocycles. The van der Waals surface area contributed by atoms with Gasteiger partial charge in [0.15, 0.2) is 0 Å².